The average Bonchev–Trinajstić information content (AvgIpc) is 3.24. The molecule has 2 aromatic carbocycles. The molecule has 2 aromatic rings. The second-order valence-corrected chi connectivity index (χ2v) is 9.41. The van der Waals surface area contributed by atoms with Crippen molar-refractivity contribution >= 4 is 11.8 Å². The number of para-hydroxylation sites is 1. The highest BCUT2D eigenvalue weighted by atomic mass is 16.5. The fraction of sp³-hybridized carbons (Fsp3) is 0.481. The minimum absolute atomic E-state index is 0.0287. The van der Waals surface area contributed by atoms with Crippen molar-refractivity contribution in [2.24, 2.45) is 5.92 Å². The van der Waals surface area contributed by atoms with Gasteiger partial charge in [-0.15, -0.1) is 0 Å². The van der Waals surface area contributed by atoms with E-state index in [2.05, 4.69) is 10.2 Å². The smallest absolute Gasteiger partial charge is 0.254 e. The van der Waals surface area contributed by atoms with Gasteiger partial charge in [0, 0.05) is 23.7 Å². The third-order valence-corrected chi connectivity index (χ3v) is 7.24. The number of methoxy groups -OCH3 is 1. The molecule has 1 N–H and O–H groups in total. The van der Waals surface area contributed by atoms with Crippen molar-refractivity contribution < 1.29 is 14.3 Å². The Morgan fingerprint density at radius 3 is 2.48 bits per heavy atom. The van der Waals surface area contributed by atoms with Crippen LogP contribution in [0.5, 0.6) is 5.75 Å². The van der Waals surface area contributed by atoms with Crippen LogP contribution in [0.3, 0.4) is 0 Å². The number of nitrogens with zero attached hydrogens (tertiary/aromatic N) is 2. The number of rotatable bonds is 7. The third-order valence-electron chi connectivity index (χ3n) is 7.24. The van der Waals surface area contributed by atoms with E-state index in [-0.39, 0.29) is 23.9 Å². The van der Waals surface area contributed by atoms with Gasteiger partial charge in [-0.2, -0.15) is 0 Å². The molecule has 2 fully saturated rings. The molecule has 4 unspecified atom stereocenters. The van der Waals surface area contributed by atoms with Crippen LogP contribution in [0.2, 0.25) is 0 Å². The summed E-state index contributed by atoms with van der Waals surface area (Å²) in [5, 5.41) is 3.17. The van der Waals surface area contributed by atoms with E-state index in [9.17, 15) is 9.59 Å². The van der Waals surface area contributed by atoms with Crippen LogP contribution in [-0.4, -0.2) is 61.4 Å². The van der Waals surface area contributed by atoms with Gasteiger partial charge in [0.2, 0.25) is 5.91 Å². The van der Waals surface area contributed by atoms with Crippen LogP contribution in [0.25, 0.3) is 0 Å². The van der Waals surface area contributed by atoms with Crippen LogP contribution in [0, 0.1) is 5.92 Å². The largest absolute Gasteiger partial charge is 0.496 e. The fourth-order valence-electron chi connectivity index (χ4n) is 5.54. The molecule has 2 aliphatic rings. The summed E-state index contributed by atoms with van der Waals surface area (Å²) in [5.74, 6) is 1.12. The number of carbonyl (C=O) groups excluding carboxylic acids is 2. The van der Waals surface area contributed by atoms with E-state index in [1.54, 1.807) is 7.11 Å². The second kappa shape index (κ2) is 10.4. The number of benzene rings is 2. The number of hydrogen-bond donors (Lipinski definition) is 1. The van der Waals surface area contributed by atoms with Gasteiger partial charge in [0.05, 0.1) is 13.2 Å². The van der Waals surface area contributed by atoms with Crippen LogP contribution in [0.1, 0.15) is 54.1 Å². The Bertz CT molecular complexity index is 962. The van der Waals surface area contributed by atoms with E-state index in [1.165, 1.54) is 6.42 Å². The Labute approximate surface area is 196 Å². The first kappa shape index (κ1) is 23.3. The number of carbonyl (C=O) groups is 2. The zero-order chi connectivity index (χ0) is 23.4. The first-order valence-electron chi connectivity index (χ1n) is 12.0. The maximum absolute atomic E-state index is 13.5. The van der Waals surface area contributed by atoms with E-state index in [0.29, 0.717) is 18.0 Å². The summed E-state index contributed by atoms with van der Waals surface area (Å²) in [6.45, 7) is 0.450. The highest BCUT2D eigenvalue weighted by Crippen LogP contribution is 2.40. The quantitative estimate of drug-likeness (QED) is 0.697. The highest BCUT2D eigenvalue weighted by molar-refractivity contribution is 5.98. The summed E-state index contributed by atoms with van der Waals surface area (Å²) >= 11 is 0. The van der Waals surface area contributed by atoms with E-state index >= 15 is 0 Å². The lowest BCUT2D eigenvalue weighted by atomic mass is 9.84. The monoisotopic (exact) mass is 449 g/mol. The lowest BCUT2D eigenvalue weighted by molar-refractivity contribution is -0.125. The van der Waals surface area contributed by atoms with Gasteiger partial charge in [-0.25, -0.2) is 0 Å². The Morgan fingerprint density at radius 1 is 1.06 bits per heavy atom. The van der Waals surface area contributed by atoms with Crippen LogP contribution >= 0.6 is 0 Å². The summed E-state index contributed by atoms with van der Waals surface area (Å²) in [4.78, 5) is 31.0. The normalized spacial score (nSPS) is 23.2. The lowest BCUT2D eigenvalue weighted by Crippen LogP contribution is -2.50. The summed E-state index contributed by atoms with van der Waals surface area (Å²) < 4.78 is 5.55. The number of ether oxygens (including phenoxy) is 1. The average molecular weight is 450 g/mol. The summed E-state index contributed by atoms with van der Waals surface area (Å²) in [5.41, 5.74) is 1.68. The van der Waals surface area contributed by atoms with Crippen molar-refractivity contribution in [2.45, 2.75) is 50.2 Å². The molecule has 0 radical (unpaired) electrons. The molecule has 0 aromatic heterocycles. The standard InChI is InChI=1S/C27H35N3O3/c1-29(2)24(21-14-8-10-16-25(21)33-3)18-28-26(31)23-17-20-13-7-9-15-22(20)30(23)27(32)19-11-5-4-6-12-19/h4-6,8,10-12,14,16,20,22-24H,7,9,13,15,17-18H2,1-3H3,(H,28,31). The zero-order valence-electron chi connectivity index (χ0n) is 19.9. The van der Waals surface area contributed by atoms with E-state index < -0.39 is 6.04 Å². The fourth-order valence-corrected chi connectivity index (χ4v) is 5.54. The maximum Gasteiger partial charge on any atom is 0.254 e. The summed E-state index contributed by atoms with van der Waals surface area (Å²) in [7, 11) is 5.66. The molecule has 1 aliphatic heterocycles. The van der Waals surface area contributed by atoms with E-state index in [0.717, 1.165) is 37.0 Å². The molecule has 2 amide bonds. The Kier molecular flexibility index (Phi) is 7.33. The summed E-state index contributed by atoms with van der Waals surface area (Å²) in [6, 6.07) is 17.0. The highest BCUT2D eigenvalue weighted by Gasteiger charge is 2.47. The van der Waals surface area contributed by atoms with Crippen molar-refractivity contribution in [1.82, 2.24) is 15.1 Å². The van der Waals surface area contributed by atoms with Gasteiger partial charge in [-0.1, -0.05) is 49.2 Å². The van der Waals surface area contributed by atoms with Crippen molar-refractivity contribution in [2.75, 3.05) is 27.7 Å². The van der Waals surface area contributed by atoms with Gasteiger partial charge >= 0.3 is 0 Å². The predicted molar refractivity (Wildman–Crippen MR) is 129 cm³/mol. The molecular formula is C27H35N3O3. The van der Waals surface area contributed by atoms with E-state index in [4.69, 9.17) is 4.74 Å². The molecule has 0 spiro atoms. The molecule has 4 rings (SSSR count). The van der Waals surface area contributed by atoms with Crippen LogP contribution in [-0.2, 0) is 4.79 Å². The molecular weight excluding hydrogens is 414 g/mol. The molecule has 33 heavy (non-hydrogen) atoms. The molecule has 1 saturated heterocycles. The van der Waals surface area contributed by atoms with Crippen LogP contribution in [0.4, 0.5) is 0 Å². The first-order chi connectivity index (χ1) is 16.0. The molecule has 176 valence electrons. The van der Waals surface area contributed by atoms with E-state index in [1.807, 2.05) is 73.6 Å². The lowest BCUT2D eigenvalue weighted by Gasteiger charge is -2.34. The number of likely N-dealkylation sites (tertiary alicyclic amines) is 1. The maximum atomic E-state index is 13.5. The molecule has 6 heteroatoms. The van der Waals surface area contributed by atoms with Crippen molar-refractivity contribution in [3.05, 3.63) is 65.7 Å². The van der Waals surface area contributed by atoms with Gasteiger partial charge in [0.25, 0.3) is 5.91 Å². The predicted octanol–water partition coefficient (Wildman–Crippen LogP) is 3.89. The van der Waals surface area contributed by atoms with Gasteiger partial charge < -0.3 is 19.9 Å². The zero-order valence-corrected chi connectivity index (χ0v) is 19.9. The number of nitrogens with one attached hydrogen (secondary N) is 1. The first-order valence-corrected chi connectivity index (χ1v) is 12.0. The number of amides is 2. The van der Waals surface area contributed by atoms with Crippen LogP contribution < -0.4 is 10.1 Å². The number of fused-ring (bicyclic) bond motifs is 1. The van der Waals surface area contributed by atoms with Gasteiger partial charge in [0.15, 0.2) is 0 Å². The summed E-state index contributed by atoms with van der Waals surface area (Å²) in [6.07, 6.45) is 5.11. The van der Waals surface area contributed by atoms with Crippen molar-refractivity contribution in [1.29, 1.82) is 0 Å². The Balaban J connectivity index is 1.53. The molecule has 4 atom stereocenters. The molecule has 0 bridgehead atoms. The number of likely N-dealkylation sites (N-methyl/N-ethyl adjacent to an activating group) is 1. The SMILES string of the molecule is COc1ccccc1C(CNC(=O)C1CC2CCCCC2N1C(=O)c1ccccc1)N(C)C. The van der Waals surface area contributed by atoms with Gasteiger partial charge in [0.1, 0.15) is 11.8 Å². The third kappa shape index (κ3) is 4.91. The Morgan fingerprint density at radius 2 is 1.76 bits per heavy atom. The van der Waals surface area contributed by atoms with Crippen molar-refractivity contribution in [3.63, 3.8) is 0 Å². The molecule has 6 nitrogen and oxygen atoms in total. The molecule has 1 aliphatic carbocycles. The molecule has 1 saturated carbocycles. The van der Waals surface area contributed by atoms with Crippen molar-refractivity contribution in [3.8, 4) is 5.75 Å². The second-order valence-electron chi connectivity index (χ2n) is 9.41. The molecule has 1 heterocycles. The Hall–Kier alpha value is -2.86. The minimum Gasteiger partial charge on any atom is -0.496 e. The van der Waals surface area contributed by atoms with Gasteiger partial charge in [-0.05, 0) is 57.5 Å². The van der Waals surface area contributed by atoms with Crippen LogP contribution in [0.15, 0.2) is 54.6 Å². The van der Waals surface area contributed by atoms with Gasteiger partial charge in [-0.3, -0.25) is 9.59 Å². The topological polar surface area (TPSA) is 61.9 Å². The minimum atomic E-state index is -0.425. The number of hydrogen-bond acceptors (Lipinski definition) is 4.